The van der Waals surface area contributed by atoms with Crippen LogP contribution in [-0.2, 0) is 10.0 Å². The summed E-state index contributed by atoms with van der Waals surface area (Å²) in [6.07, 6.45) is -1.63. The standard InChI is InChI=1S/C20H23F3N6O4S/c1-12-14(18(30)27-34(31,32)15-10-28(5)25-13(15)2)6-7-16(24-12)29-9-8-17(26-29)33-11-19(3,4)20(21,22)23/h6-10,15H,11H2,1-5H3/p+1. The third kappa shape index (κ3) is 5.26. The molecule has 10 nitrogen and oxygen atoms in total. The summed E-state index contributed by atoms with van der Waals surface area (Å²) in [5, 5.41) is 6.98. The maximum Gasteiger partial charge on any atom is 0.397 e. The van der Waals surface area contributed by atoms with Crippen molar-refractivity contribution in [3.8, 4) is 11.7 Å². The Morgan fingerprint density at radius 2 is 1.91 bits per heavy atom. The highest BCUT2D eigenvalue weighted by Gasteiger charge is 2.48. The molecular weight excluding hydrogens is 477 g/mol. The number of halogens is 3. The zero-order valence-electron chi connectivity index (χ0n) is 19.1. The smallest absolute Gasteiger partial charge is 0.397 e. The van der Waals surface area contributed by atoms with Crippen molar-refractivity contribution in [2.45, 2.75) is 39.1 Å². The van der Waals surface area contributed by atoms with Gasteiger partial charge in [-0.3, -0.25) is 4.79 Å². The molecule has 1 N–H and O–H groups in total. The van der Waals surface area contributed by atoms with Crippen LogP contribution >= 0.6 is 0 Å². The Morgan fingerprint density at radius 1 is 1.24 bits per heavy atom. The zero-order valence-corrected chi connectivity index (χ0v) is 19.9. The average molecular weight is 502 g/mol. The number of rotatable bonds is 7. The molecule has 0 fully saturated rings. The van der Waals surface area contributed by atoms with E-state index in [0.29, 0.717) is 5.71 Å². The summed E-state index contributed by atoms with van der Waals surface area (Å²) in [7, 11) is -2.48. The topological polar surface area (TPSA) is 119 Å². The predicted molar refractivity (Wildman–Crippen MR) is 117 cm³/mol. The van der Waals surface area contributed by atoms with Crippen LogP contribution in [0.25, 0.3) is 5.82 Å². The van der Waals surface area contributed by atoms with Gasteiger partial charge in [-0.2, -0.15) is 13.2 Å². The van der Waals surface area contributed by atoms with E-state index in [0.717, 1.165) is 13.8 Å². The Hall–Kier alpha value is -3.29. The summed E-state index contributed by atoms with van der Waals surface area (Å²) in [6, 6.07) is 4.19. The molecule has 1 aliphatic rings. The van der Waals surface area contributed by atoms with Gasteiger partial charge >= 0.3 is 6.18 Å². The molecule has 0 radical (unpaired) electrons. The predicted octanol–water partition coefficient (Wildman–Crippen LogP) is 2.07. The van der Waals surface area contributed by atoms with E-state index < -0.39 is 39.4 Å². The van der Waals surface area contributed by atoms with Gasteiger partial charge in [-0.1, -0.05) is 4.68 Å². The zero-order chi connectivity index (χ0) is 25.5. The summed E-state index contributed by atoms with van der Waals surface area (Å²) >= 11 is 0. The van der Waals surface area contributed by atoms with Crippen LogP contribution in [0.15, 0.2) is 29.5 Å². The van der Waals surface area contributed by atoms with Crippen LogP contribution in [0, 0.1) is 12.3 Å². The van der Waals surface area contributed by atoms with Crippen LogP contribution in [-0.4, -0.2) is 70.8 Å². The molecule has 34 heavy (non-hydrogen) atoms. The van der Waals surface area contributed by atoms with Gasteiger partial charge in [-0.05, 0) is 44.9 Å². The van der Waals surface area contributed by atoms with Crippen molar-refractivity contribution in [1.82, 2.24) is 19.5 Å². The summed E-state index contributed by atoms with van der Waals surface area (Å²) < 4.78 is 74.0. The van der Waals surface area contributed by atoms with Crippen molar-refractivity contribution >= 4 is 27.9 Å². The van der Waals surface area contributed by atoms with Gasteiger partial charge in [0.25, 0.3) is 15.9 Å². The van der Waals surface area contributed by atoms with E-state index in [4.69, 9.17) is 4.74 Å². The number of amides is 1. The lowest BCUT2D eigenvalue weighted by atomic mass is 9.94. The highest BCUT2D eigenvalue weighted by Crippen LogP contribution is 2.37. The Morgan fingerprint density at radius 3 is 2.47 bits per heavy atom. The number of sulfonamides is 1. The molecule has 1 unspecified atom stereocenters. The molecule has 0 bridgehead atoms. The fourth-order valence-corrected chi connectivity index (χ4v) is 4.29. The van der Waals surface area contributed by atoms with Gasteiger partial charge in [0, 0.05) is 12.3 Å². The van der Waals surface area contributed by atoms with E-state index in [2.05, 4.69) is 15.2 Å². The van der Waals surface area contributed by atoms with E-state index in [9.17, 15) is 26.4 Å². The average Bonchev–Trinajstić information content (AvgIpc) is 3.31. The number of alkyl halides is 3. The monoisotopic (exact) mass is 501 g/mol. The van der Waals surface area contributed by atoms with Crippen molar-refractivity contribution in [2.24, 2.45) is 10.5 Å². The van der Waals surface area contributed by atoms with E-state index in [1.165, 1.54) is 46.9 Å². The maximum absolute atomic E-state index is 13.0. The van der Waals surface area contributed by atoms with Crippen molar-refractivity contribution in [2.75, 3.05) is 13.7 Å². The molecule has 0 aliphatic carbocycles. The van der Waals surface area contributed by atoms with Gasteiger partial charge in [0.05, 0.1) is 16.7 Å². The first kappa shape index (κ1) is 25.3. The summed E-state index contributed by atoms with van der Waals surface area (Å²) in [5.41, 5.74) is -1.48. The van der Waals surface area contributed by atoms with Gasteiger partial charge in [0.2, 0.25) is 11.1 Å². The minimum Gasteiger partial charge on any atom is -0.476 e. The number of hydrogen-bond donors (Lipinski definition) is 1. The number of carbonyl (C=O) groups is 1. The highest BCUT2D eigenvalue weighted by molar-refractivity contribution is 7.92. The van der Waals surface area contributed by atoms with Crippen molar-refractivity contribution in [3.05, 3.63) is 35.7 Å². The summed E-state index contributed by atoms with van der Waals surface area (Å²) in [5.74, 6) is -0.624. The van der Waals surface area contributed by atoms with Gasteiger partial charge in [0.15, 0.2) is 19.1 Å². The molecule has 2 aromatic heterocycles. The first-order valence-electron chi connectivity index (χ1n) is 10.0. The maximum atomic E-state index is 13.0. The van der Waals surface area contributed by atoms with E-state index >= 15 is 0 Å². The number of carbonyl (C=O) groups excluding carboxylic acids is 1. The molecule has 3 rings (SSSR count). The van der Waals surface area contributed by atoms with Gasteiger partial charge in [0.1, 0.15) is 12.3 Å². The molecule has 1 amide bonds. The third-order valence-electron chi connectivity index (χ3n) is 5.11. The molecule has 0 saturated carbocycles. The molecule has 0 aromatic carbocycles. The second-order valence-electron chi connectivity index (χ2n) is 8.43. The molecule has 184 valence electrons. The molecule has 14 heteroatoms. The summed E-state index contributed by atoms with van der Waals surface area (Å²) in [4.78, 5) is 16.9. The van der Waals surface area contributed by atoms with E-state index in [1.54, 1.807) is 14.0 Å². The Balaban J connectivity index is 1.72. The van der Waals surface area contributed by atoms with Crippen LogP contribution in [0.1, 0.15) is 36.8 Å². The minimum absolute atomic E-state index is 0.0282. The van der Waals surface area contributed by atoms with Crippen LogP contribution in [0.4, 0.5) is 13.2 Å². The molecule has 1 atom stereocenters. The lowest BCUT2D eigenvalue weighted by Crippen LogP contribution is -2.42. The lowest BCUT2D eigenvalue weighted by molar-refractivity contribution is -0.494. The largest absolute Gasteiger partial charge is 0.476 e. The van der Waals surface area contributed by atoms with Crippen molar-refractivity contribution in [1.29, 1.82) is 0 Å². The van der Waals surface area contributed by atoms with Crippen LogP contribution < -0.4 is 9.46 Å². The highest BCUT2D eigenvalue weighted by atomic mass is 32.2. The number of pyridine rings is 1. The number of ether oxygens (including phenoxy) is 1. The van der Waals surface area contributed by atoms with E-state index in [1.807, 2.05) is 4.72 Å². The van der Waals surface area contributed by atoms with Crippen LogP contribution in [0.2, 0.25) is 0 Å². The number of hydrogen-bond acceptors (Lipinski definition) is 7. The second kappa shape index (κ2) is 8.81. The number of nitrogens with one attached hydrogen (secondary N) is 1. The van der Waals surface area contributed by atoms with Crippen molar-refractivity contribution in [3.63, 3.8) is 0 Å². The van der Waals surface area contributed by atoms with Gasteiger partial charge in [-0.25, -0.2) is 22.8 Å². The number of hydrazone groups is 1. The van der Waals surface area contributed by atoms with Crippen molar-refractivity contribution < 1.29 is 35.8 Å². The Labute approximate surface area is 194 Å². The van der Waals surface area contributed by atoms with Crippen LogP contribution in [0.5, 0.6) is 5.88 Å². The minimum atomic E-state index is -4.44. The SMILES string of the molecule is CC1=N[N+](C)=CC1S(=O)(=O)NC(=O)c1ccc(-n2ccc(OCC(C)(C)C(F)(F)F)n2)nc1C. The molecule has 0 saturated heterocycles. The first-order chi connectivity index (χ1) is 15.6. The Bertz CT molecular complexity index is 1280. The molecule has 2 aromatic rings. The fraction of sp³-hybridized carbons (Fsp3) is 0.450. The quantitative estimate of drug-likeness (QED) is 0.581. The second-order valence-corrected chi connectivity index (χ2v) is 10.2. The molecular formula is C20H24F3N6O4S+. The van der Waals surface area contributed by atoms with Gasteiger partial charge < -0.3 is 4.74 Å². The molecule has 1 aliphatic heterocycles. The number of nitrogens with zero attached hydrogens (tertiary/aromatic N) is 5. The van der Waals surface area contributed by atoms with E-state index in [-0.39, 0.29) is 23.0 Å². The van der Waals surface area contributed by atoms with Crippen LogP contribution in [0.3, 0.4) is 0 Å². The molecule has 3 heterocycles. The normalized spacial score (nSPS) is 16.8. The molecule has 0 spiro atoms. The lowest BCUT2D eigenvalue weighted by Gasteiger charge is -2.26. The Kier molecular flexibility index (Phi) is 6.57. The first-order valence-corrected chi connectivity index (χ1v) is 11.6. The number of aryl methyl sites for hydroxylation is 1. The third-order valence-corrected chi connectivity index (χ3v) is 6.71. The number of aromatic nitrogens is 3. The van der Waals surface area contributed by atoms with Gasteiger partial charge in [-0.15, -0.1) is 5.10 Å². The fourth-order valence-electron chi connectivity index (χ4n) is 2.96. The summed E-state index contributed by atoms with van der Waals surface area (Å²) in [6.45, 7) is 4.49.